The summed E-state index contributed by atoms with van der Waals surface area (Å²) >= 11 is 0. The van der Waals surface area contributed by atoms with Gasteiger partial charge >= 0.3 is 0 Å². The Morgan fingerprint density at radius 1 is 1.08 bits per heavy atom. The van der Waals surface area contributed by atoms with Crippen molar-refractivity contribution in [1.29, 1.82) is 0 Å². The lowest BCUT2D eigenvalue weighted by Crippen LogP contribution is -2.48. The first-order valence-electron chi connectivity index (χ1n) is 14.3. The van der Waals surface area contributed by atoms with Gasteiger partial charge in [0.1, 0.15) is 12.4 Å². The molecule has 9 heteroatoms. The molecule has 0 aliphatic carbocycles. The summed E-state index contributed by atoms with van der Waals surface area (Å²) in [5.74, 6) is 7.47. The van der Waals surface area contributed by atoms with Gasteiger partial charge in [0, 0.05) is 55.7 Å². The number of aromatic nitrogens is 2. The minimum atomic E-state index is -0.0351. The molecular weight excluding hydrogens is 492 g/mol. The highest BCUT2D eigenvalue weighted by Crippen LogP contribution is 2.40. The van der Waals surface area contributed by atoms with Crippen LogP contribution < -0.4 is 15.0 Å². The number of anilines is 3. The SMILES string of the molecule is CC#CC(=O)N1CCC(N2CCC(c3cc4c(c(C)n3)OCc3c(N5CCOCC5)ccnc3N4)CC2)CC1. The molecule has 206 valence electrons. The first kappa shape index (κ1) is 25.9. The number of fused-ring (bicyclic) bond motifs is 2. The van der Waals surface area contributed by atoms with Crippen molar-refractivity contribution in [1.82, 2.24) is 19.8 Å². The van der Waals surface area contributed by atoms with E-state index in [1.807, 2.05) is 18.0 Å². The van der Waals surface area contributed by atoms with Crippen LogP contribution in [0.4, 0.5) is 17.2 Å². The Bertz CT molecular complexity index is 1270. The number of hydrogen-bond acceptors (Lipinski definition) is 8. The summed E-state index contributed by atoms with van der Waals surface area (Å²) in [5, 5.41) is 3.60. The highest BCUT2D eigenvalue weighted by molar-refractivity contribution is 5.93. The van der Waals surface area contributed by atoms with E-state index in [4.69, 9.17) is 14.5 Å². The maximum atomic E-state index is 12.1. The van der Waals surface area contributed by atoms with Crippen LogP contribution in [0.15, 0.2) is 18.3 Å². The molecule has 0 atom stereocenters. The number of carbonyl (C=O) groups is 1. The predicted octanol–water partition coefficient (Wildman–Crippen LogP) is 3.45. The quantitative estimate of drug-likeness (QED) is 0.605. The van der Waals surface area contributed by atoms with Crippen molar-refractivity contribution >= 4 is 23.1 Å². The van der Waals surface area contributed by atoms with Gasteiger partial charge in [-0.2, -0.15) is 0 Å². The lowest BCUT2D eigenvalue weighted by molar-refractivity contribution is -0.126. The summed E-state index contributed by atoms with van der Waals surface area (Å²) in [6.45, 7) is 11.2. The fourth-order valence-corrected chi connectivity index (χ4v) is 6.45. The summed E-state index contributed by atoms with van der Waals surface area (Å²) in [6, 6.07) is 4.81. The predicted molar refractivity (Wildman–Crippen MR) is 150 cm³/mol. The number of hydrogen-bond donors (Lipinski definition) is 1. The normalized spacial score (nSPS) is 20.6. The van der Waals surface area contributed by atoms with Crippen molar-refractivity contribution in [3.05, 3.63) is 35.3 Å². The smallest absolute Gasteiger partial charge is 0.298 e. The van der Waals surface area contributed by atoms with Crippen molar-refractivity contribution in [3.8, 4) is 17.6 Å². The van der Waals surface area contributed by atoms with E-state index < -0.39 is 0 Å². The molecular formula is C30H38N6O3. The number of morpholine rings is 1. The van der Waals surface area contributed by atoms with Crippen molar-refractivity contribution < 1.29 is 14.3 Å². The third-order valence-corrected chi connectivity index (χ3v) is 8.61. The lowest BCUT2D eigenvalue weighted by Gasteiger charge is -2.41. The van der Waals surface area contributed by atoms with Crippen LogP contribution in [-0.4, -0.2) is 84.2 Å². The summed E-state index contributed by atoms with van der Waals surface area (Å²) in [6.07, 6.45) is 6.10. The van der Waals surface area contributed by atoms with Gasteiger partial charge in [-0.15, -0.1) is 0 Å². The number of carbonyl (C=O) groups excluding carboxylic acids is 1. The fourth-order valence-electron chi connectivity index (χ4n) is 6.45. The second kappa shape index (κ2) is 11.4. The zero-order chi connectivity index (χ0) is 26.8. The van der Waals surface area contributed by atoms with Gasteiger partial charge in [0.05, 0.1) is 30.2 Å². The molecule has 1 N–H and O–H groups in total. The second-order valence-corrected chi connectivity index (χ2v) is 10.9. The third kappa shape index (κ3) is 5.41. The van der Waals surface area contributed by atoms with Crippen molar-refractivity contribution in [3.63, 3.8) is 0 Å². The number of rotatable bonds is 3. The van der Waals surface area contributed by atoms with Crippen LogP contribution in [0.3, 0.4) is 0 Å². The first-order valence-corrected chi connectivity index (χ1v) is 14.3. The molecule has 4 aliphatic rings. The molecule has 4 aliphatic heterocycles. The average Bonchev–Trinajstić information content (AvgIpc) is 3.17. The summed E-state index contributed by atoms with van der Waals surface area (Å²) in [7, 11) is 0. The maximum absolute atomic E-state index is 12.1. The van der Waals surface area contributed by atoms with E-state index in [1.165, 1.54) is 0 Å². The fraction of sp³-hybridized carbons (Fsp3) is 0.567. The molecule has 6 rings (SSSR count). The molecule has 6 heterocycles. The Morgan fingerprint density at radius 2 is 1.85 bits per heavy atom. The summed E-state index contributed by atoms with van der Waals surface area (Å²) < 4.78 is 11.9. The van der Waals surface area contributed by atoms with Gasteiger partial charge in [0.2, 0.25) is 0 Å². The molecule has 0 aromatic carbocycles. The van der Waals surface area contributed by atoms with E-state index in [2.05, 4.69) is 44.1 Å². The molecule has 2 aromatic rings. The van der Waals surface area contributed by atoms with Gasteiger partial charge in [-0.05, 0) is 70.7 Å². The van der Waals surface area contributed by atoms with Crippen molar-refractivity contribution in [2.24, 2.45) is 0 Å². The number of aryl methyl sites for hydroxylation is 1. The van der Waals surface area contributed by atoms with Crippen LogP contribution in [0, 0.1) is 18.8 Å². The Morgan fingerprint density at radius 3 is 2.59 bits per heavy atom. The highest BCUT2D eigenvalue weighted by atomic mass is 16.5. The van der Waals surface area contributed by atoms with Crippen molar-refractivity contribution in [2.45, 2.75) is 58.1 Å². The number of amides is 1. The molecule has 0 unspecified atom stereocenters. The van der Waals surface area contributed by atoms with E-state index in [-0.39, 0.29) is 5.91 Å². The topological polar surface area (TPSA) is 83.1 Å². The molecule has 3 saturated heterocycles. The van der Waals surface area contributed by atoms with Gasteiger partial charge in [-0.1, -0.05) is 5.92 Å². The van der Waals surface area contributed by atoms with Gasteiger partial charge in [-0.3, -0.25) is 9.78 Å². The molecule has 1 amide bonds. The first-order chi connectivity index (χ1) is 19.1. The Hall–Kier alpha value is -3.35. The number of pyridine rings is 2. The number of ether oxygens (including phenoxy) is 2. The van der Waals surface area contributed by atoms with E-state index in [0.29, 0.717) is 18.6 Å². The molecule has 39 heavy (non-hydrogen) atoms. The van der Waals surface area contributed by atoms with Gasteiger partial charge in [-0.25, -0.2) is 4.98 Å². The van der Waals surface area contributed by atoms with E-state index >= 15 is 0 Å². The summed E-state index contributed by atoms with van der Waals surface area (Å²) in [5.41, 5.74) is 5.26. The van der Waals surface area contributed by atoms with Crippen LogP contribution in [0.1, 0.15) is 55.5 Å². The van der Waals surface area contributed by atoms with Gasteiger partial charge in [0.15, 0.2) is 5.75 Å². The minimum absolute atomic E-state index is 0.0351. The van der Waals surface area contributed by atoms with E-state index in [1.54, 1.807) is 6.92 Å². The van der Waals surface area contributed by atoms with Gasteiger partial charge < -0.3 is 29.5 Å². The van der Waals surface area contributed by atoms with Crippen LogP contribution in [0.2, 0.25) is 0 Å². The Kier molecular flexibility index (Phi) is 7.58. The maximum Gasteiger partial charge on any atom is 0.298 e. The number of piperidine rings is 2. The zero-order valence-corrected chi connectivity index (χ0v) is 23.0. The van der Waals surface area contributed by atoms with Crippen LogP contribution >= 0.6 is 0 Å². The zero-order valence-electron chi connectivity index (χ0n) is 23.0. The van der Waals surface area contributed by atoms with E-state index in [9.17, 15) is 4.79 Å². The molecule has 2 aromatic heterocycles. The third-order valence-electron chi connectivity index (χ3n) is 8.61. The minimum Gasteiger partial charge on any atom is -0.485 e. The number of nitrogens with zero attached hydrogens (tertiary/aromatic N) is 5. The number of likely N-dealkylation sites (tertiary alicyclic amines) is 2. The van der Waals surface area contributed by atoms with E-state index in [0.717, 1.165) is 118 Å². The Balaban J connectivity index is 1.12. The second-order valence-electron chi connectivity index (χ2n) is 10.9. The average molecular weight is 531 g/mol. The largest absolute Gasteiger partial charge is 0.485 e. The highest BCUT2D eigenvalue weighted by Gasteiger charge is 2.31. The Labute approximate surface area is 230 Å². The molecule has 9 nitrogen and oxygen atoms in total. The molecule has 0 saturated carbocycles. The lowest BCUT2D eigenvalue weighted by atomic mass is 9.90. The van der Waals surface area contributed by atoms with Gasteiger partial charge in [0.25, 0.3) is 5.91 Å². The van der Waals surface area contributed by atoms with Crippen LogP contribution in [-0.2, 0) is 16.1 Å². The molecule has 0 radical (unpaired) electrons. The van der Waals surface area contributed by atoms with Crippen LogP contribution in [0.5, 0.6) is 5.75 Å². The molecule has 0 bridgehead atoms. The number of nitrogens with one attached hydrogen (secondary N) is 1. The van der Waals surface area contributed by atoms with Crippen LogP contribution in [0.25, 0.3) is 0 Å². The molecule has 3 fully saturated rings. The standard InChI is InChI=1S/C30H38N6O3/c1-3-4-28(37)36-13-8-23(9-14-36)34-11-6-22(7-12-34)25-19-26-29(21(2)32-25)39-20-24-27(5-10-31-30(24)33-26)35-15-17-38-18-16-35/h5,10,19,22-23H,6-9,11-18,20H2,1-2H3,(H,31,33). The summed E-state index contributed by atoms with van der Waals surface area (Å²) in [4.78, 5) is 28.7. The van der Waals surface area contributed by atoms with Crippen molar-refractivity contribution in [2.75, 3.05) is 62.7 Å². The molecule has 0 spiro atoms. The monoisotopic (exact) mass is 530 g/mol.